The highest BCUT2D eigenvalue weighted by Crippen LogP contribution is 2.39. The minimum Gasteiger partial charge on any atom is -0.497 e. The first-order valence-corrected chi connectivity index (χ1v) is 8.73. The molecule has 0 unspecified atom stereocenters. The number of aromatic amines is 1. The third-order valence-corrected chi connectivity index (χ3v) is 5.42. The molecule has 0 saturated carbocycles. The Hall–Kier alpha value is -2.31. The lowest BCUT2D eigenvalue weighted by atomic mass is 10.3. The molecule has 0 aliphatic rings. The van der Waals surface area contributed by atoms with Crippen molar-refractivity contribution in [3.63, 3.8) is 0 Å². The van der Waals surface area contributed by atoms with Gasteiger partial charge in [0.25, 0.3) is 0 Å². The number of H-pyrrole nitrogens is 1. The van der Waals surface area contributed by atoms with Crippen molar-refractivity contribution in [1.29, 1.82) is 0 Å². The van der Waals surface area contributed by atoms with E-state index in [-0.39, 0.29) is 0 Å². The highest BCUT2D eigenvalue weighted by molar-refractivity contribution is 7.99. The Labute approximate surface area is 141 Å². The number of benzene rings is 1. The lowest BCUT2D eigenvalue weighted by Gasteiger charge is -2.04. The average molecular weight is 339 g/mol. The summed E-state index contributed by atoms with van der Waals surface area (Å²) in [5.74, 6) is 0.808. The van der Waals surface area contributed by atoms with Gasteiger partial charge in [-0.1, -0.05) is 23.9 Å². The molecule has 4 aromatic rings. The highest BCUT2D eigenvalue weighted by Gasteiger charge is 2.12. The van der Waals surface area contributed by atoms with Gasteiger partial charge in [0.15, 0.2) is 5.16 Å². The molecule has 1 aromatic carbocycles. The summed E-state index contributed by atoms with van der Waals surface area (Å²) in [4.78, 5) is 14.7. The molecule has 3 aromatic heterocycles. The minimum atomic E-state index is 0.808. The van der Waals surface area contributed by atoms with E-state index in [1.807, 2.05) is 36.4 Å². The first kappa shape index (κ1) is 14.3. The van der Waals surface area contributed by atoms with Gasteiger partial charge in [0.05, 0.1) is 28.7 Å². The summed E-state index contributed by atoms with van der Waals surface area (Å²) >= 11 is 3.29. The molecule has 3 heterocycles. The van der Waals surface area contributed by atoms with Crippen LogP contribution in [0.15, 0.2) is 64.1 Å². The van der Waals surface area contributed by atoms with Crippen LogP contribution < -0.4 is 4.74 Å². The van der Waals surface area contributed by atoms with Gasteiger partial charge >= 0.3 is 0 Å². The summed E-state index contributed by atoms with van der Waals surface area (Å²) in [6, 6.07) is 13.9. The predicted octanol–water partition coefficient (Wildman–Crippen LogP) is 4.85. The molecule has 6 heteroatoms. The number of hydrogen-bond donors (Lipinski definition) is 1. The smallest absolute Gasteiger partial charge is 0.171 e. The van der Waals surface area contributed by atoms with Gasteiger partial charge in [0, 0.05) is 17.2 Å². The van der Waals surface area contributed by atoms with E-state index in [1.54, 1.807) is 36.4 Å². The Morgan fingerprint density at radius 1 is 1.17 bits per heavy atom. The zero-order chi connectivity index (χ0) is 15.6. The van der Waals surface area contributed by atoms with E-state index in [0.717, 1.165) is 37.4 Å². The van der Waals surface area contributed by atoms with Crippen LogP contribution in [0.1, 0.15) is 0 Å². The Bertz CT molecular complexity index is 928. The van der Waals surface area contributed by atoms with Gasteiger partial charge in [0.2, 0.25) is 0 Å². The number of ether oxygens (including phenoxy) is 1. The number of fused-ring (bicyclic) bond motifs is 1. The van der Waals surface area contributed by atoms with Crippen molar-refractivity contribution in [3.8, 4) is 16.3 Å². The largest absolute Gasteiger partial charge is 0.497 e. The van der Waals surface area contributed by atoms with Gasteiger partial charge in [-0.15, -0.1) is 11.3 Å². The number of methoxy groups -OCH3 is 1. The van der Waals surface area contributed by atoms with Gasteiger partial charge in [-0.3, -0.25) is 4.98 Å². The Balaban J connectivity index is 1.69. The van der Waals surface area contributed by atoms with E-state index in [4.69, 9.17) is 4.74 Å². The highest BCUT2D eigenvalue weighted by atomic mass is 32.2. The third kappa shape index (κ3) is 2.83. The standard InChI is InChI=1S/C17H13N3OS2/c1-21-11-6-8-18-14(10-11)16-15(7-9-22-16)23-17-19-12-4-2-3-5-13(12)20-17/h2-10H,1H3,(H,19,20). The molecule has 0 saturated heterocycles. The average Bonchev–Trinajstić information content (AvgIpc) is 3.21. The summed E-state index contributed by atoms with van der Waals surface area (Å²) in [5.41, 5.74) is 2.94. The Morgan fingerprint density at radius 2 is 2.09 bits per heavy atom. The molecule has 4 nitrogen and oxygen atoms in total. The number of pyridine rings is 1. The molecule has 4 rings (SSSR count). The van der Waals surface area contributed by atoms with Crippen molar-refractivity contribution in [2.75, 3.05) is 7.11 Å². The van der Waals surface area contributed by atoms with Gasteiger partial charge < -0.3 is 9.72 Å². The van der Waals surface area contributed by atoms with Crippen LogP contribution in [0.4, 0.5) is 0 Å². The number of thiophene rings is 1. The summed E-state index contributed by atoms with van der Waals surface area (Å²) < 4.78 is 5.29. The predicted molar refractivity (Wildman–Crippen MR) is 94.3 cm³/mol. The maximum atomic E-state index is 5.29. The zero-order valence-electron chi connectivity index (χ0n) is 12.3. The zero-order valence-corrected chi connectivity index (χ0v) is 13.9. The van der Waals surface area contributed by atoms with Crippen LogP contribution in [0.3, 0.4) is 0 Å². The van der Waals surface area contributed by atoms with Gasteiger partial charge in [-0.05, 0) is 29.6 Å². The van der Waals surface area contributed by atoms with E-state index in [9.17, 15) is 0 Å². The fourth-order valence-corrected chi connectivity index (χ4v) is 4.27. The van der Waals surface area contributed by atoms with Crippen LogP contribution in [0.25, 0.3) is 21.6 Å². The quantitative estimate of drug-likeness (QED) is 0.578. The van der Waals surface area contributed by atoms with Crippen LogP contribution in [0, 0.1) is 0 Å². The topological polar surface area (TPSA) is 50.8 Å². The van der Waals surface area contributed by atoms with E-state index < -0.39 is 0 Å². The lowest BCUT2D eigenvalue weighted by Crippen LogP contribution is -1.86. The first-order chi connectivity index (χ1) is 11.3. The first-order valence-electron chi connectivity index (χ1n) is 7.04. The third-order valence-electron chi connectivity index (χ3n) is 3.40. The van der Waals surface area contributed by atoms with Crippen molar-refractivity contribution >= 4 is 34.1 Å². The maximum absolute atomic E-state index is 5.29. The fraction of sp³-hybridized carbons (Fsp3) is 0.0588. The van der Waals surface area contributed by atoms with Crippen molar-refractivity contribution in [2.24, 2.45) is 0 Å². The van der Waals surface area contributed by atoms with Gasteiger partial charge in [0.1, 0.15) is 5.75 Å². The van der Waals surface area contributed by atoms with E-state index in [2.05, 4.69) is 26.4 Å². The molecule has 0 amide bonds. The van der Waals surface area contributed by atoms with Crippen LogP contribution in [0.5, 0.6) is 5.75 Å². The summed E-state index contributed by atoms with van der Waals surface area (Å²) in [6.45, 7) is 0. The number of imidazole rings is 1. The van der Waals surface area contributed by atoms with Crippen molar-refractivity contribution in [3.05, 3.63) is 54.0 Å². The maximum Gasteiger partial charge on any atom is 0.171 e. The van der Waals surface area contributed by atoms with Gasteiger partial charge in [-0.25, -0.2) is 4.98 Å². The lowest BCUT2D eigenvalue weighted by molar-refractivity contribution is 0.414. The molecule has 0 spiro atoms. The van der Waals surface area contributed by atoms with Gasteiger partial charge in [-0.2, -0.15) is 0 Å². The molecule has 0 fully saturated rings. The second-order valence-electron chi connectivity index (χ2n) is 4.86. The molecular weight excluding hydrogens is 326 g/mol. The molecule has 0 aliphatic heterocycles. The molecular formula is C17H13N3OS2. The second kappa shape index (κ2) is 6.06. The summed E-state index contributed by atoms with van der Waals surface area (Å²) in [6.07, 6.45) is 1.77. The monoisotopic (exact) mass is 339 g/mol. The number of hydrogen-bond acceptors (Lipinski definition) is 5. The number of aromatic nitrogens is 3. The van der Waals surface area contributed by atoms with Crippen LogP contribution in [-0.4, -0.2) is 22.1 Å². The molecule has 114 valence electrons. The summed E-state index contributed by atoms with van der Waals surface area (Å²) in [5, 5.41) is 2.95. The fourth-order valence-electron chi connectivity index (χ4n) is 2.31. The van der Waals surface area contributed by atoms with Crippen molar-refractivity contribution in [1.82, 2.24) is 15.0 Å². The van der Waals surface area contributed by atoms with Crippen LogP contribution >= 0.6 is 23.1 Å². The number of nitrogens with one attached hydrogen (secondary N) is 1. The second-order valence-corrected chi connectivity index (χ2v) is 6.80. The minimum absolute atomic E-state index is 0.808. The normalized spacial score (nSPS) is 11.0. The van der Waals surface area contributed by atoms with Crippen molar-refractivity contribution < 1.29 is 4.74 Å². The molecule has 23 heavy (non-hydrogen) atoms. The van der Waals surface area contributed by atoms with Crippen LogP contribution in [0.2, 0.25) is 0 Å². The SMILES string of the molecule is COc1ccnc(-c2sccc2Sc2nc3ccccc3[nH]2)c1. The molecule has 0 radical (unpaired) electrons. The molecule has 1 N–H and O–H groups in total. The molecule has 0 bridgehead atoms. The number of para-hydroxylation sites is 2. The van der Waals surface area contributed by atoms with Crippen molar-refractivity contribution in [2.45, 2.75) is 10.1 Å². The van der Waals surface area contributed by atoms with E-state index in [1.165, 1.54) is 0 Å². The summed E-state index contributed by atoms with van der Waals surface area (Å²) in [7, 11) is 1.66. The Morgan fingerprint density at radius 3 is 2.96 bits per heavy atom. The van der Waals surface area contributed by atoms with E-state index >= 15 is 0 Å². The van der Waals surface area contributed by atoms with E-state index in [0.29, 0.717) is 0 Å². The van der Waals surface area contributed by atoms with Crippen LogP contribution in [-0.2, 0) is 0 Å². The number of rotatable bonds is 4. The molecule has 0 atom stereocenters. The molecule has 0 aliphatic carbocycles. The Kier molecular flexibility index (Phi) is 3.77. The number of nitrogens with zero attached hydrogens (tertiary/aromatic N) is 2.